The second-order valence-electron chi connectivity index (χ2n) is 6.28. The van der Waals surface area contributed by atoms with E-state index in [-0.39, 0.29) is 11.5 Å². The number of hydrogen-bond donors (Lipinski definition) is 2. The summed E-state index contributed by atoms with van der Waals surface area (Å²) in [5.74, 6) is 0.928. The maximum atomic E-state index is 9.60. The highest BCUT2D eigenvalue weighted by atomic mass is 16.5. The Morgan fingerprint density at radius 2 is 2.05 bits per heavy atom. The Kier molecular flexibility index (Phi) is 5.44. The van der Waals surface area contributed by atoms with Crippen molar-refractivity contribution in [3.8, 4) is 5.75 Å². The molecule has 1 aromatic carbocycles. The lowest BCUT2D eigenvalue weighted by Gasteiger charge is -2.26. The van der Waals surface area contributed by atoms with Gasteiger partial charge in [0, 0.05) is 25.1 Å². The highest BCUT2D eigenvalue weighted by molar-refractivity contribution is 5.28. The second-order valence-corrected chi connectivity index (χ2v) is 6.28. The quantitative estimate of drug-likeness (QED) is 0.804. The molecule has 0 amide bonds. The molecule has 1 fully saturated rings. The fraction of sp³-hybridized carbons (Fsp3) is 0.647. The summed E-state index contributed by atoms with van der Waals surface area (Å²) >= 11 is 0. The van der Waals surface area contributed by atoms with Crippen molar-refractivity contribution < 1.29 is 9.84 Å². The van der Waals surface area contributed by atoms with Gasteiger partial charge in [-0.15, -0.1) is 0 Å². The van der Waals surface area contributed by atoms with Crippen molar-refractivity contribution in [2.24, 2.45) is 5.41 Å². The topological polar surface area (TPSA) is 41.5 Å². The Hall–Kier alpha value is -1.06. The molecule has 0 atom stereocenters. The summed E-state index contributed by atoms with van der Waals surface area (Å²) in [4.78, 5) is 0. The van der Waals surface area contributed by atoms with Gasteiger partial charge in [-0.2, -0.15) is 0 Å². The van der Waals surface area contributed by atoms with Crippen LogP contribution >= 0.6 is 0 Å². The van der Waals surface area contributed by atoms with Crippen molar-refractivity contribution in [3.05, 3.63) is 29.8 Å². The van der Waals surface area contributed by atoms with Gasteiger partial charge in [-0.1, -0.05) is 25.0 Å². The van der Waals surface area contributed by atoms with Crippen LogP contribution in [0.1, 0.15) is 45.1 Å². The molecule has 0 aliphatic heterocycles. The van der Waals surface area contributed by atoms with Crippen LogP contribution in [0.4, 0.5) is 0 Å². The van der Waals surface area contributed by atoms with Crippen LogP contribution in [0.25, 0.3) is 0 Å². The number of aliphatic hydroxyl groups is 1. The number of hydrogen-bond acceptors (Lipinski definition) is 3. The number of nitrogens with one attached hydrogen (secondary N) is 1. The molecule has 3 nitrogen and oxygen atoms in total. The van der Waals surface area contributed by atoms with E-state index >= 15 is 0 Å². The van der Waals surface area contributed by atoms with Crippen LogP contribution in [-0.2, 0) is 6.54 Å². The smallest absolute Gasteiger partial charge is 0.120 e. The van der Waals surface area contributed by atoms with Crippen LogP contribution in [0.15, 0.2) is 24.3 Å². The lowest BCUT2D eigenvalue weighted by Crippen LogP contribution is -2.34. The summed E-state index contributed by atoms with van der Waals surface area (Å²) in [5.41, 5.74) is 1.35. The molecule has 1 aliphatic carbocycles. The molecule has 1 aromatic rings. The molecule has 0 heterocycles. The van der Waals surface area contributed by atoms with Gasteiger partial charge in [0.25, 0.3) is 0 Å². The summed E-state index contributed by atoms with van der Waals surface area (Å²) in [6.07, 6.45) is 4.99. The Balaban J connectivity index is 1.84. The largest absolute Gasteiger partial charge is 0.491 e. The number of benzene rings is 1. The van der Waals surface area contributed by atoms with Crippen molar-refractivity contribution in [3.63, 3.8) is 0 Å². The maximum absolute atomic E-state index is 9.60. The summed E-state index contributed by atoms with van der Waals surface area (Å²) < 4.78 is 5.71. The van der Waals surface area contributed by atoms with Crippen LogP contribution in [0.5, 0.6) is 5.75 Å². The Labute approximate surface area is 122 Å². The first-order valence-corrected chi connectivity index (χ1v) is 7.71. The third-order valence-corrected chi connectivity index (χ3v) is 4.10. The number of aliphatic hydroxyl groups excluding tert-OH is 1. The lowest BCUT2D eigenvalue weighted by atomic mass is 9.87. The molecule has 0 saturated heterocycles. The van der Waals surface area contributed by atoms with Gasteiger partial charge in [0.15, 0.2) is 0 Å². The van der Waals surface area contributed by atoms with E-state index in [1.54, 1.807) is 0 Å². The molecule has 0 spiro atoms. The number of ether oxygens (including phenoxy) is 1. The number of rotatable bonds is 7. The first-order valence-electron chi connectivity index (χ1n) is 7.71. The predicted molar refractivity (Wildman–Crippen MR) is 81.9 cm³/mol. The van der Waals surface area contributed by atoms with E-state index in [0.717, 1.165) is 31.7 Å². The highest BCUT2D eigenvalue weighted by Crippen LogP contribution is 2.36. The molecule has 3 heteroatoms. The molecule has 1 saturated carbocycles. The highest BCUT2D eigenvalue weighted by Gasteiger charge is 2.32. The third kappa shape index (κ3) is 4.22. The molecular weight excluding hydrogens is 250 g/mol. The molecule has 2 rings (SSSR count). The molecule has 0 unspecified atom stereocenters. The van der Waals surface area contributed by atoms with Gasteiger partial charge in [0.05, 0.1) is 6.10 Å². The average Bonchev–Trinajstić information content (AvgIpc) is 2.88. The molecule has 0 bridgehead atoms. The van der Waals surface area contributed by atoms with Crippen molar-refractivity contribution >= 4 is 0 Å². The van der Waals surface area contributed by atoms with Crippen LogP contribution in [-0.4, -0.2) is 24.4 Å². The molecule has 20 heavy (non-hydrogen) atoms. The SMILES string of the molecule is CC(C)Oc1cccc(CNCC2(CO)CCCC2)c1. The van der Waals surface area contributed by atoms with E-state index < -0.39 is 0 Å². The maximum Gasteiger partial charge on any atom is 0.120 e. The first kappa shape index (κ1) is 15.3. The minimum Gasteiger partial charge on any atom is -0.491 e. The summed E-state index contributed by atoms with van der Waals surface area (Å²) in [7, 11) is 0. The first-order chi connectivity index (χ1) is 9.63. The van der Waals surface area contributed by atoms with Gasteiger partial charge >= 0.3 is 0 Å². The summed E-state index contributed by atoms with van der Waals surface area (Å²) in [6, 6.07) is 8.23. The van der Waals surface area contributed by atoms with E-state index in [2.05, 4.69) is 17.4 Å². The standard InChI is InChI=1S/C17H27NO2/c1-14(2)20-16-7-5-6-15(10-16)11-18-12-17(13-19)8-3-4-9-17/h5-7,10,14,18-19H,3-4,8-9,11-13H2,1-2H3. The van der Waals surface area contributed by atoms with Gasteiger partial charge in [0.1, 0.15) is 5.75 Å². The van der Waals surface area contributed by atoms with E-state index in [1.165, 1.54) is 18.4 Å². The van der Waals surface area contributed by atoms with E-state index in [4.69, 9.17) is 4.74 Å². The average molecular weight is 277 g/mol. The van der Waals surface area contributed by atoms with Crippen molar-refractivity contribution in [2.75, 3.05) is 13.2 Å². The fourth-order valence-corrected chi connectivity index (χ4v) is 2.99. The Morgan fingerprint density at radius 3 is 2.70 bits per heavy atom. The van der Waals surface area contributed by atoms with Gasteiger partial charge in [-0.25, -0.2) is 0 Å². The van der Waals surface area contributed by atoms with E-state index in [9.17, 15) is 5.11 Å². The summed E-state index contributed by atoms with van der Waals surface area (Å²) in [5, 5.41) is 13.1. The van der Waals surface area contributed by atoms with Crippen LogP contribution in [0, 0.1) is 5.41 Å². The van der Waals surface area contributed by atoms with Gasteiger partial charge in [-0.05, 0) is 44.4 Å². The monoisotopic (exact) mass is 277 g/mol. The predicted octanol–water partition coefficient (Wildman–Crippen LogP) is 3.12. The lowest BCUT2D eigenvalue weighted by molar-refractivity contribution is 0.128. The molecule has 0 radical (unpaired) electrons. The van der Waals surface area contributed by atoms with E-state index in [0.29, 0.717) is 6.61 Å². The third-order valence-electron chi connectivity index (χ3n) is 4.10. The van der Waals surface area contributed by atoms with Gasteiger partial charge < -0.3 is 15.2 Å². The molecule has 0 aromatic heterocycles. The second kappa shape index (κ2) is 7.09. The molecule has 1 aliphatic rings. The fourth-order valence-electron chi connectivity index (χ4n) is 2.99. The van der Waals surface area contributed by atoms with Gasteiger partial charge in [0.2, 0.25) is 0 Å². The zero-order valence-electron chi connectivity index (χ0n) is 12.7. The van der Waals surface area contributed by atoms with Crippen LogP contribution in [0.3, 0.4) is 0 Å². The van der Waals surface area contributed by atoms with Crippen LogP contribution < -0.4 is 10.1 Å². The zero-order chi connectivity index (χ0) is 14.4. The summed E-state index contributed by atoms with van der Waals surface area (Å²) in [6.45, 7) is 6.11. The molecular formula is C17H27NO2. The van der Waals surface area contributed by atoms with Gasteiger partial charge in [-0.3, -0.25) is 0 Å². The minimum atomic E-state index is 0.117. The molecule has 112 valence electrons. The van der Waals surface area contributed by atoms with Crippen molar-refractivity contribution in [1.82, 2.24) is 5.32 Å². The van der Waals surface area contributed by atoms with Crippen molar-refractivity contribution in [1.29, 1.82) is 0 Å². The Morgan fingerprint density at radius 1 is 1.30 bits per heavy atom. The normalized spacial score (nSPS) is 17.6. The van der Waals surface area contributed by atoms with E-state index in [1.807, 2.05) is 26.0 Å². The van der Waals surface area contributed by atoms with Crippen LogP contribution in [0.2, 0.25) is 0 Å². The Bertz CT molecular complexity index is 411. The van der Waals surface area contributed by atoms with Crippen molar-refractivity contribution in [2.45, 2.75) is 52.2 Å². The molecule has 2 N–H and O–H groups in total. The zero-order valence-corrected chi connectivity index (χ0v) is 12.7. The minimum absolute atomic E-state index is 0.117.